The molecule has 6 heteroatoms. The van der Waals surface area contributed by atoms with E-state index in [1.807, 2.05) is 38.1 Å². The van der Waals surface area contributed by atoms with Crippen LogP contribution in [0.15, 0.2) is 48.5 Å². The number of benzene rings is 2. The van der Waals surface area contributed by atoms with Crippen molar-refractivity contribution in [1.29, 1.82) is 0 Å². The van der Waals surface area contributed by atoms with Gasteiger partial charge in [0.2, 0.25) is 0 Å². The molecule has 0 aromatic heterocycles. The molecule has 6 nitrogen and oxygen atoms in total. The standard InChI is InChI=1S/C20H22N2O4/c1-15-3-7-17(8-4-15)25-19(23)21-11-13-22(14-12-21)20(24)26-18-9-5-16(2)6-10-18/h3-10H,11-14H2,1-2H3. The molecule has 3 rings (SSSR count). The normalized spacial score (nSPS) is 14.1. The van der Waals surface area contributed by atoms with E-state index in [2.05, 4.69) is 0 Å². The van der Waals surface area contributed by atoms with Crippen molar-refractivity contribution in [1.82, 2.24) is 9.80 Å². The molecule has 0 N–H and O–H groups in total. The Morgan fingerprint density at radius 1 is 0.654 bits per heavy atom. The third kappa shape index (κ3) is 4.53. The number of piperazine rings is 1. The fourth-order valence-electron chi connectivity index (χ4n) is 2.61. The fourth-order valence-corrected chi connectivity index (χ4v) is 2.61. The highest BCUT2D eigenvalue weighted by atomic mass is 16.6. The second kappa shape index (κ2) is 7.91. The van der Waals surface area contributed by atoms with E-state index in [0.29, 0.717) is 37.7 Å². The minimum Gasteiger partial charge on any atom is -0.410 e. The van der Waals surface area contributed by atoms with Gasteiger partial charge in [-0.3, -0.25) is 0 Å². The molecule has 0 radical (unpaired) electrons. The second-order valence-electron chi connectivity index (χ2n) is 6.34. The van der Waals surface area contributed by atoms with Crippen molar-refractivity contribution >= 4 is 12.2 Å². The van der Waals surface area contributed by atoms with Crippen LogP contribution >= 0.6 is 0 Å². The quantitative estimate of drug-likeness (QED) is 0.826. The van der Waals surface area contributed by atoms with Gasteiger partial charge in [0.25, 0.3) is 0 Å². The summed E-state index contributed by atoms with van der Waals surface area (Å²) in [5.74, 6) is 1.03. The maximum Gasteiger partial charge on any atom is 0.415 e. The van der Waals surface area contributed by atoms with E-state index in [0.717, 1.165) is 11.1 Å². The molecular weight excluding hydrogens is 332 g/mol. The average molecular weight is 354 g/mol. The van der Waals surface area contributed by atoms with E-state index in [-0.39, 0.29) is 0 Å². The lowest BCUT2D eigenvalue weighted by Gasteiger charge is -2.33. The summed E-state index contributed by atoms with van der Waals surface area (Å²) in [7, 11) is 0. The monoisotopic (exact) mass is 354 g/mol. The van der Waals surface area contributed by atoms with Gasteiger partial charge in [0.15, 0.2) is 0 Å². The predicted molar refractivity (Wildman–Crippen MR) is 97.6 cm³/mol. The van der Waals surface area contributed by atoms with Gasteiger partial charge >= 0.3 is 12.2 Å². The number of aryl methyl sites for hydroxylation is 2. The highest BCUT2D eigenvalue weighted by Gasteiger charge is 2.26. The van der Waals surface area contributed by atoms with E-state index in [4.69, 9.17) is 9.47 Å². The molecule has 26 heavy (non-hydrogen) atoms. The van der Waals surface area contributed by atoms with Crippen LogP contribution in [0.4, 0.5) is 9.59 Å². The van der Waals surface area contributed by atoms with Crippen LogP contribution in [-0.2, 0) is 0 Å². The summed E-state index contributed by atoms with van der Waals surface area (Å²) in [6.45, 7) is 5.59. The Balaban J connectivity index is 1.48. The number of amides is 2. The Kier molecular flexibility index (Phi) is 5.41. The summed E-state index contributed by atoms with van der Waals surface area (Å²) >= 11 is 0. The van der Waals surface area contributed by atoms with Crippen LogP contribution in [0.25, 0.3) is 0 Å². The minimum absolute atomic E-state index is 0.402. The SMILES string of the molecule is Cc1ccc(OC(=O)N2CCN(C(=O)Oc3ccc(C)cc3)CC2)cc1. The van der Waals surface area contributed by atoms with Crippen molar-refractivity contribution in [2.45, 2.75) is 13.8 Å². The van der Waals surface area contributed by atoms with Crippen LogP contribution in [0, 0.1) is 13.8 Å². The predicted octanol–water partition coefficient (Wildman–Crippen LogP) is 3.62. The van der Waals surface area contributed by atoms with Crippen LogP contribution < -0.4 is 9.47 Å². The Bertz CT molecular complexity index is 696. The van der Waals surface area contributed by atoms with Gasteiger partial charge in [-0.05, 0) is 38.1 Å². The molecule has 1 heterocycles. The van der Waals surface area contributed by atoms with E-state index in [1.165, 1.54) is 0 Å². The highest BCUT2D eigenvalue weighted by molar-refractivity contribution is 5.73. The lowest BCUT2D eigenvalue weighted by atomic mass is 10.2. The van der Waals surface area contributed by atoms with E-state index in [1.54, 1.807) is 34.1 Å². The number of nitrogens with zero attached hydrogens (tertiary/aromatic N) is 2. The van der Waals surface area contributed by atoms with Crippen molar-refractivity contribution in [2.24, 2.45) is 0 Å². The van der Waals surface area contributed by atoms with Crippen molar-refractivity contribution in [3.8, 4) is 11.5 Å². The Labute approximate surface area is 152 Å². The van der Waals surface area contributed by atoms with Gasteiger partial charge < -0.3 is 19.3 Å². The van der Waals surface area contributed by atoms with Gasteiger partial charge in [0.1, 0.15) is 11.5 Å². The smallest absolute Gasteiger partial charge is 0.410 e. The summed E-state index contributed by atoms with van der Waals surface area (Å²) in [6, 6.07) is 14.6. The molecule has 1 saturated heterocycles. The van der Waals surface area contributed by atoms with E-state index in [9.17, 15) is 9.59 Å². The van der Waals surface area contributed by atoms with Crippen molar-refractivity contribution in [3.05, 3.63) is 59.7 Å². The molecule has 2 amide bonds. The van der Waals surface area contributed by atoms with E-state index >= 15 is 0 Å². The number of ether oxygens (including phenoxy) is 2. The summed E-state index contributed by atoms with van der Waals surface area (Å²) in [5.41, 5.74) is 2.20. The van der Waals surface area contributed by atoms with Crippen LogP contribution in [0.1, 0.15) is 11.1 Å². The van der Waals surface area contributed by atoms with Crippen LogP contribution in [-0.4, -0.2) is 48.2 Å². The summed E-state index contributed by atoms with van der Waals surface area (Å²) < 4.78 is 10.7. The topological polar surface area (TPSA) is 59.1 Å². The van der Waals surface area contributed by atoms with Gasteiger partial charge in [-0.15, -0.1) is 0 Å². The first-order valence-electron chi connectivity index (χ1n) is 8.58. The third-order valence-corrected chi connectivity index (χ3v) is 4.25. The Morgan fingerprint density at radius 3 is 1.27 bits per heavy atom. The first kappa shape index (κ1) is 17.8. The number of carbonyl (C=O) groups excluding carboxylic acids is 2. The largest absolute Gasteiger partial charge is 0.415 e. The maximum atomic E-state index is 12.2. The Morgan fingerprint density at radius 2 is 0.962 bits per heavy atom. The van der Waals surface area contributed by atoms with E-state index < -0.39 is 12.2 Å². The molecule has 0 unspecified atom stereocenters. The summed E-state index contributed by atoms with van der Waals surface area (Å²) in [4.78, 5) is 27.6. The molecule has 2 aromatic rings. The third-order valence-electron chi connectivity index (χ3n) is 4.25. The molecular formula is C20H22N2O4. The minimum atomic E-state index is -0.402. The van der Waals surface area contributed by atoms with Gasteiger partial charge in [0.05, 0.1) is 0 Å². The number of hydrogen-bond donors (Lipinski definition) is 0. The molecule has 0 aliphatic carbocycles. The molecule has 0 bridgehead atoms. The Hall–Kier alpha value is -3.02. The van der Waals surface area contributed by atoms with Gasteiger partial charge in [-0.1, -0.05) is 35.4 Å². The molecule has 1 aliphatic rings. The zero-order valence-corrected chi connectivity index (χ0v) is 15.0. The number of carbonyl (C=O) groups is 2. The number of rotatable bonds is 2. The highest BCUT2D eigenvalue weighted by Crippen LogP contribution is 2.16. The van der Waals surface area contributed by atoms with Crippen LogP contribution in [0.5, 0.6) is 11.5 Å². The average Bonchev–Trinajstić information content (AvgIpc) is 2.65. The maximum absolute atomic E-state index is 12.2. The molecule has 1 fully saturated rings. The molecule has 2 aromatic carbocycles. The molecule has 0 atom stereocenters. The summed E-state index contributed by atoms with van der Waals surface area (Å²) in [6.07, 6.45) is -0.805. The molecule has 0 spiro atoms. The lowest BCUT2D eigenvalue weighted by molar-refractivity contribution is 0.101. The molecule has 0 saturated carbocycles. The first-order valence-corrected chi connectivity index (χ1v) is 8.58. The van der Waals surface area contributed by atoms with Crippen LogP contribution in [0.3, 0.4) is 0 Å². The lowest BCUT2D eigenvalue weighted by Crippen LogP contribution is -2.52. The van der Waals surface area contributed by atoms with Crippen molar-refractivity contribution in [3.63, 3.8) is 0 Å². The zero-order valence-electron chi connectivity index (χ0n) is 15.0. The number of hydrogen-bond acceptors (Lipinski definition) is 4. The zero-order chi connectivity index (χ0) is 18.5. The van der Waals surface area contributed by atoms with Gasteiger partial charge in [-0.25, -0.2) is 9.59 Å². The van der Waals surface area contributed by atoms with Gasteiger partial charge in [-0.2, -0.15) is 0 Å². The molecule has 136 valence electrons. The molecule has 1 aliphatic heterocycles. The van der Waals surface area contributed by atoms with Crippen LogP contribution in [0.2, 0.25) is 0 Å². The summed E-state index contributed by atoms with van der Waals surface area (Å²) in [5, 5.41) is 0. The first-order chi connectivity index (χ1) is 12.5. The second-order valence-corrected chi connectivity index (χ2v) is 6.34. The van der Waals surface area contributed by atoms with Crippen molar-refractivity contribution in [2.75, 3.05) is 26.2 Å². The van der Waals surface area contributed by atoms with Crippen molar-refractivity contribution < 1.29 is 19.1 Å². The fraction of sp³-hybridized carbons (Fsp3) is 0.300. The van der Waals surface area contributed by atoms with Gasteiger partial charge in [0, 0.05) is 26.2 Å².